The van der Waals surface area contributed by atoms with Crippen molar-refractivity contribution in [3.63, 3.8) is 0 Å². The first-order valence-electron chi connectivity index (χ1n) is 8.85. The minimum atomic E-state index is -4.42. The summed E-state index contributed by atoms with van der Waals surface area (Å²) in [5.41, 5.74) is -0.0471. The highest BCUT2D eigenvalue weighted by Gasteiger charge is 2.31. The summed E-state index contributed by atoms with van der Waals surface area (Å²) in [4.78, 5) is 10.0. The molecule has 29 heavy (non-hydrogen) atoms. The van der Waals surface area contributed by atoms with E-state index in [0.29, 0.717) is 37.1 Å². The third-order valence-electron chi connectivity index (χ3n) is 4.51. The Morgan fingerprint density at radius 2 is 2.07 bits per heavy atom. The summed E-state index contributed by atoms with van der Waals surface area (Å²) in [6.07, 6.45) is -3.25. The number of alkyl halides is 3. The molecule has 0 N–H and O–H groups in total. The molecule has 1 aromatic carbocycles. The Bertz CT molecular complexity index is 975. The van der Waals surface area contributed by atoms with Gasteiger partial charge in [0.25, 0.3) is 0 Å². The number of rotatable bonds is 5. The van der Waals surface area contributed by atoms with Crippen LogP contribution in [0.15, 0.2) is 47.1 Å². The maximum Gasteiger partial charge on any atom is 0.417 e. The van der Waals surface area contributed by atoms with Crippen molar-refractivity contribution in [3.05, 3.63) is 48.2 Å². The molecule has 1 aliphatic rings. The average Bonchev–Trinajstić information content (AvgIpc) is 3.37. The minimum absolute atomic E-state index is 0.146. The molecule has 0 spiro atoms. The molecule has 1 atom stereocenters. The van der Waals surface area contributed by atoms with Gasteiger partial charge in [0.1, 0.15) is 11.9 Å². The van der Waals surface area contributed by atoms with E-state index in [2.05, 4.69) is 15.1 Å². The molecule has 0 bridgehead atoms. The number of hydrogen-bond donors (Lipinski definition) is 0. The van der Waals surface area contributed by atoms with Crippen molar-refractivity contribution in [3.8, 4) is 23.0 Å². The van der Waals surface area contributed by atoms with Crippen LogP contribution in [0.2, 0.25) is 0 Å². The Balaban J connectivity index is 1.39. The number of pyridine rings is 1. The molecular formula is C19H17F3N4O3. The summed E-state index contributed by atoms with van der Waals surface area (Å²) >= 11 is 0. The molecule has 10 heteroatoms. The lowest BCUT2D eigenvalue weighted by atomic mass is 10.2. The number of hydrogen-bond acceptors (Lipinski definition) is 7. The second-order valence-corrected chi connectivity index (χ2v) is 6.49. The van der Waals surface area contributed by atoms with Crippen molar-refractivity contribution < 1.29 is 27.2 Å². The normalized spacial score (nSPS) is 16.8. The molecule has 1 saturated heterocycles. The van der Waals surface area contributed by atoms with Crippen LogP contribution >= 0.6 is 0 Å². The summed E-state index contributed by atoms with van der Waals surface area (Å²) in [6.45, 7) is 1.08. The number of anilines is 1. The van der Waals surface area contributed by atoms with Crippen molar-refractivity contribution in [1.29, 1.82) is 0 Å². The van der Waals surface area contributed by atoms with Gasteiger partial charge in [0, 0.05) is 30.8 Å². The molecule has 0 saturated carbocycles. The predicted octanol–water partition coefficient (Wildman–Crippen LogP) is 3.82. The van der Waals surface area contributed by atoms with Gasteiger partial charge in [-0.15, -0.1) is 0 Å². The summed E-state index contributed by atoms with van der Waals surface area (Å²) in [6, 6.07) is 9.84. The lowest BCUT2D eigenvalue weighted by Gasteiger charge is -2.14. The van der Waals surface area contributed by atoms with E-state index in [4.69, 9.17) is 14.0 Å². The molecule has 1 fully saturated rings. The average molecular weight is 406 g/mol. The molecule has 0 aliphatic carbocycles. The second kappa shape index (κ2) is 7.61. The molecule has 3 aromatic rings. The molecule has 152 valence electrons. The highest BCUT2D eigenvalue weighted by atomic mass is 19.4. The number of aromatic nitrogens is 3. The highest BCUT2D eigenvalue weighted by Crippen LogP contribution is 2.30. The van der Waals surface area contributed by atoms with Crippen LogP contribution in [0.4, 0.5) is 19.2 Å². The van der Waals surface area contributed by atoms with Gasteiger partial charge in [-0.25, -0.2) is 4.98 Å². The molecule has 0 radical (unpaired) electrons. The Morgan fingerprint density at radius 1 is 1.21 bits per heavy atom. The van der Waals surface area contributed by atoms with Crippen LogP contribution in [0, 0.1) is 0 Å². The Hall–Kier alpha value is -3.30. The zero-order valence-corrected chi connectivity index (χ0v) is 15.4. The smallest absolute Gasteiger partial charge is 0.417 e. The molecule has 7 nitrogen and oxygen atoms in total. The SMILES string of the molecule is COc1cccc(-c2noc(N3CCC(Oc4ccc(C(F)(F)F)cn4)C3)n2)c1. The van der Waals surface area contributed by atoms with Crippen LogP contribution < -0.4 is 14.4 Å². The van der Waals surface area contributed by atoms with Crippen molar-refractivity contribution in [2.24, 2.45) is 0 Å². The van der Waals surface area contributed by atoms with Crippen molar-refractivity contribution >= 4 is 6.01 Å². The zero-order chi connectivity index (χ0) is 20.4. The van der Waals surface area contributed by atoms with Gasteiger partial charge < -0.3 is 18.9 Å². The van der Waals surface area contributed by atoms with Gasteiger partial charge in [-0.05, 0) is 18.2 Å². The van der Waals surface area contributed by atoms with Gasteiger partial charge in [0.05, 0.1) is 19.2 Å². The molecule has 1 unspecified atom stereocenters. The second-order valence-electron chi connectivity index (χ2n) is 6.49. The Labute approximate surface area is 164 Å². The van der Waals surface area contributed by atoms with E-state index in [-0.39, 0.29) is 12.0 Å². The van der Waals surface area contributed by atoms with Gasteiger partial charge >= 0.3 is 12.2 Å². The summed E-state index contributed by atoms with van der Waals surface area (Å²) < 4.78 is 54.1. The van der Waals surface area contributed by atoms with Crippen LogP contribution in [-0.4, -0.2) is 41.4 Å². The van der Waals surface area contributed by atoms with E-state index in [9.17, 15) is 13.2 Å². The van der Waals surface area contributed by atoms with E-state index in [0.717, 1.165) is 17.8 Å². The van der Waals surface area contributed by atoms with Crippen LogP contribution in [0.1, 0.15) is 12.0 Å². The standard InChI is InChI=1S/C19H17F3N4O3/c1-27-14-4-2-3-12(9-14)17-24-18(29-25-17)26-8-7-15(11-26)28-16-6-5-13(10-23-16)19(20,21)22/h2-6,9-10,15H,7-8,11H2,1H3. The number of benzene rings is 1. The minimum Gasteiger partial charge on any atom is -0.497 e. The largest absolute Gasteiger partial charge is 0.497 e. The van der Waals surface area contributed by atoms with Gasteiger partial charge in [-0.1, -0.05) is 17.3 Å². The first kappa shape index (κ1) is 19.0. The van der Waals surface area contributed by atoms with E-state index in [1.165, 1.54) is 6.07 Å². The number of ether oxygens (including phenoxy) is 2. The van der Waals surface area contributed by atoms with Crippen LogP contribution in [-0.2, 0) is 6.18 Å². The number of halogens is 3. The van der Waals surface area contributed by atoms with Crippen molar-refractivity contribution in [2.75, 3.05) is 25.1 Å². The van der Waals surface area contributed by atoms with E-state index in [1.54, 1.807) is 13.2 Å². The fraction of sp³-hybridized carbons (Fsp3) is 0.316. The molecule has 3 heterocycles. The quantitative estimate of drug-likeness (QED) is 0.638. The third kappa shape index (κ3) is 4.25. The molecule has 1 aliphatic heterocycles. The van der Waals surface area contributed by atoms with E-state index >= 15 is 0 Å². The first-order valence-corrected chi connectivity index (χ1v) is 8.85. The topological polar surface area (TPSA) is 73.5 Å². The van der Waals surface area contributed by atoms with Gasteiger partial charge in [0.15, 0.2) is 0 Å². The Morgan fingerprint density at radius 3 is 2.79 bits per heavy atom. The fourth-order valence-corrected chi connectivity index (χ4v) is 3.01. The monoisotopic (exact) mass is 406 g/mol. The zero-order valence-electron chi connectivity index (χ0n) is 15.4. The van der Waals surface area contributed by atoms with Crippen molar-refractivity contribution in [1.82, 2.24) is 15.1 Å². The summed E-state index contributed by atoms with van der Waals surface area (Å²) in [7, 11) is 1.58. The first-order chi connectivity index (χ1) is 13.9. The molecular weight excluding hydrogens is 389 g/mol. The molecule has 2 aromatic heterocycles. The summed E-state index contributed by atoms with van der Waals surface area (Å²) in [5, 5.41) is 4.01. The highest BCUT2D eigenvalue weighted by molar-refractivity contribution is 5.58. The number of nitrogens with zero attached hydrogens (tertiary/aromatic N) is 4. The predicted molar refractivity (Wildman–Crippen MR) is 96.8 cm³/mol. The summed E-state index contributed by atoms with van der Waals surface area (Å²) in [5.74, 6) is 1.27. The maximum atomic E-state index is 12.6. The van der Waals surface area contributed by atoms with Crippen LogP contribution in [0.5, 0.6) is 11.6 Å². The van der Waals surface area contributed by atoms with Crippen molar-refractivity contribution in [2.45, 2.75) is 18.7 Å². The Kier molecular flexibility index (Phi) is 4.99. The van der Waals surface area contributed by atoms with Gasteiger partial charge in [-0.3, -0.25) is 0 Å². The lowest BCUT2D eigenvalue weighted by molar-refractivity contribution is -0.137. The fourth-order valence-electron chi connectivity index (χ4n) is 3.01. The lowest BCUT2D eigenvalue weighted by Crippen LogP contribution is -2.25. The van der Waals surface area contributed by atoms with Crippen LogP contribution in [0.3, 0.4) is 0 Å². The van der Waals surface area contributed by atoms with Crippen LogP contribution in [0.25, 0.3) is 11.4 Å². The maximum absolute atomic E-state index is 12.6. The molecule has 0 amide bonds. The van der Waals surface area contributed by atoms with Gasteiger partial charge in [0.2, 0.25) is 11.7 Å². The third-order valence-corrected chi connectivity index (χ3v) is 4.51. The number of methoxy groups -OCH3 is 1. The van der Waals surface area contributed by atoms with Gasteiger partial charge in [-0.2, -0.15) is 18.2 Å². The van der Waals surface area contributed by atoms with E-state index in [1.807, 2.05) is 23.1 Å². The van der Waals surface area contributed by atoms with E-state index < -0.39 is 11.7 Å². The molecule has 4 rings (SSSR count).